The summed E-state index contributed by atoms with van der Waals surface area (Å²) >= 11 is 1.32. The molecule has 3 aromatic carbocycles. The largest absolute Gasteiger partial charge is 0.325 e. The van der Waals surface area contributed by atoms with Crippen molar-refractivity contribution >= 4 is 34.4 Å². The average molecular weight is 484 g/mol. The number of nitrogens with one attached hydrogen (secondary N) is 1. The normalized spacial score (nSPS) is 11.6. The van der Waals surface area contributed by atoms with Crippen LogP contribution in [0.2, 0.25) is 0 Å². The Morgan fingerprint density at radius 1 is 0.886 bits per heavy atom. The summed E-state index contributed by atoms with van der Waals surface area (Å²) in [6.45, 7) is 6.49. The Morgan fingerprint density at radius 2 is 1.60 bits per heavy atom. The Kier molecular flexibility index (Phi) is 6.08. The highest BCUT2D eigenvalue weighted by atomic mass is 32.2. The number of fused-ring (bicyclic) bond motifs is 1. The summed E-state index contributed by atoms with van der Waals surface area (Å²) in [6.07, 6.45) is 0. The highest BCUT2D eigenvalue weighted by Gasteiger charge is 2.20. The van der Waals surface area contributed by atoms with Gasteiger partial charge in [0.2, 0.25) is 5.91 Å². The molecule has 5 aromatic rings. The molecule has 0 radical (unpaired) electrons. The fraction of sp³-hybridized carbons (Fsp3) is 0.192. The van der Waals surface area contributed by atoms with Crippen LogP contribution < -0.4 is 5.32 Å². The van der Waals surface area contributed by atoms with Gasteiger partial charge >= 0.3 is 0 Å². The van der Waals surface area contributed by atoms with Crippen LogP contribution in [-0.4, -0.2) is 41.4 Å². The Balaban J connectivity index is 1.39. The van der Waals surface area contributed by atoms with Gasteiger partial charge in [-0.2, -0.15) is 4.68 Å². The number of anilines is 1. The van der Waals surface area contributed by atoms with Crippen molar-refractivity contribution in [3.05, 3.63) is 84.4 Å². The van der Waals surface area contributed by atoms with Gasteiger partial charge in [-0.15, -0.1) is 15.3 Å². The predicted octanol–water partition coefficient (Wildman–Crippen LogP) is 5.03. The van der Waals surface area contributed by atoms with Gasteiger partial charge in [-0.3, -0.25) is 9.36 Å². The lowest BCUT2D eigenvalue weighted by molar-refractivity contribution is -0.113. The lowest BCUT2D eigenvalue weighted by atomic mass is 9.87. The zero-order valence-electron chi connectivity index (χ0n) is 19.7. The number of benzene rings is 3. The van der Waals surface area contributed by atoms with Crippen molar-refractivity contribution in [2.75, 3.05) is 11.1 Å². The molecular weight excluding hydrogens is 458 g/mol. The number of hydrogen-bond donors (Lipinski definition) is 1. The van der Waals surface area contributed by atoms with Crippen LogP contribution in [0.15, 0.2) is 84.0 Å². The minimum atomic E-state index is -0.117. The molecule has 176 valence electrons. The third-order valence-electron chi connectivity index (χ3n) is 5.54. The first-order valence-corrected chi connectivity index (χ1v) is 12.2. The second-order valence-corrected chi connectivity index (χ2v) is 10.1. The molecule has 0 spiro atoms. The van der Waals surface area contributed by atoms with E-state index in [1.54, 1.807) is 4.68 Å². The predicted molar refractivity (Wildman–Crippen MR) is 138 cm³/mol. The molecule has 9 heteroatoms. The van der Waals surface area contributed by atoms with Crippen molar-refractivity contribution in [3.63, 3.8) is 0 Å². The number of hydrogen-bond acceptors (Lipinski definition) is 6. The van der Waals surface area contributed by atoms with Crippen LogP contribution in [0.4, 0.5) is 5.69 Å². The van der Waals surface area contributed by atoms with Gasteiger partial charge in [0.05, 0.1) is 17.0 Å². The fourth-order valence-electron chi connectivity index (χ4n) is 3.69. The zero-order valence-corrected chi connectivity index (χ0v) is 20.5. The number of rotatable bonds is 6. The van der Waals surface area contributed by atoms with Crippen molar-refractivity contribution in [2.24, 2.45) is 0 Å². The molecule has 1 N–H and O–H groups in total. The molecule has 0 saturated heterocycles. The first kappa shape index (κ1) is 22.8. The van der Waals surface area contributed by atoms with Crippen molar-refractivity contribution in [3.8, 4) is 11.6 Å². The lowest BCUT2D eigenvalue weighted by Crippen LogP contribution is -2.15. The third-order valence-corrected chi connectivity index (χ3v) is 6.47. The van der Waals surface area contributed by atoms with Gasteiger partial charge < -0.3 is 5.32 Å². The van der Waals surface area contributed by atoms with Gasteiger partial charge in [-0.25, -0.2) is 0 Å². The lowest BCUT2D eigenvalue weighted by Gasteiger charge is -2.19. The molecule has 0 aliphatic rings. The molecule has 5 rings (SSSR count). The number of carbonyl (C=O) groups is 1. The van der Waals surface area contributed by atoms with Crippen LogP contribution in [0, 0.1) is 0 Å². The van der Waals surface area contributed by atoms with E-state index < -0.39 is 0 Å². The van der Waals surface area contributed by atoms with Crippen molar-refractivity contribution < 1.29 is 4.79 Å². The second-order valence-electron chi connectivity index (χ2n) is 9.11. The smallest absolute Gasteiger partial charge is 0.259 e. The molecule has 0 aliphatic heterocycles. The first-order valence-electron chi connectivity index (χ1n) is 11.2. The summed E-state index contributed by atoms with van der Waals surface area (Å²) in [7, 11) is 0. The Morgan fingerprint density at radius 3 is 2.34 bits per heavy atom. The van der Waals surface area contributed by atoms with Gasteiger partial charge in [0, 0.05) is 5.69 Å². The molecule has 0 saturated carbocycles. The van der Waals surface area contributed by atoms with E-state index >= 15 is 0 Å². The SMILES string of the molecule is CC(C)(C)c1ccc(NC(=O)CSc2nnc(-n3nnc4ccccc43)n2-c2ccccc2)cc1. The van der Waals surface area contributed by atoms with Crippen LogP contribution in [0.5, 0.6) is 0 Å². The quantitative estimate of drug-likeness (QED) is 0.341. The van der Waals surface area contributed by atoms with Gasteiger partial charge in [0.15, 0.2) is 5.16 Å². The number of nitrogens with zero attached hydrogens (tertiary/aromatic N) is 6. The van der Waals surface area contributed by atoms with Crippen LogP contribution in [0.1, 0.15) is 26.3 Å². The van der Waals surface area contributed by atoms with E-state index in [0.717, 1.165) is 22.4 Å². The van der Waals surface area contributed by atoms with Crippen LogP contribution >= 0.6 is 11.8 Å². The minimum Gasteiger partial charge on any atom is -0.325 e. The molecule has 8 nitrogen and oxygen atoms in total. The van der Waals surface area contributed by atoms with E-state index in [-0.39, 0.29) is 17.1 Å². The molecule has 35 heavy (non-hydrogen) atoms. The molecule has 0 bridgehead atoms. The molecule has 0 atom stereocenters. The molecule has 2 heterocycles. The van der Waals surface area contributed by atoms with Gasteiger partial charge in [0.1, 0.15) is 5.52 Å². The van der Waals surface area contributed by atoms with Gasteiger partial charge in [-0.1, -0.05) is 80.2 Å². The fourth-order valence-corrected chi connectivity index (χ4v) is 4.44. The monoisotopic (exact) mass is 483 g/mol. The van der Waals surface area contributed by atoms with Gasteiger partial charge in [0.25, 0.3) is 5.95 Å². The molecule has 2 aromatic heterocycles. The van der Waals surface area contributed by atoms with Crippen molar-refractivity contribution in [1.29, 1.82) is 0 Å². The Bertz CT molecular complexity index is 1470. The maximum atomic E-state index is 12.7. The van der Waals surface area contributed by atoms with Crippen LogP contribution in [-0.2, 0) is 10.2 Å². The maximum absolute atomic E-state index is 12.7. The van der Waals surface area contributed by atoms with E-state index in [1.807, 2.05) is 83.4 Å². The van der Waals surface area contributed by atoms with E-state index in [9.17, 15) is 4.79 Å². The number of carbonyl (C=O) groups excluding carboxylic acids is 1. The summed E-state index contributed by atoms with van der Waals surface area (Å²) in [5.41, 5.74) is 4.50. The van der Waals surface area contributed by atoms with E-state index in [0.29, 0.717) is 11.1 Å². The third kappa shape index (κ3) is 4.81. The average Bonchev–Trinajstić information content (AvgIpc) is 3.47. The van der Waals surface area contributed by atoms with E-state index in [1.165, 1.54) is 17.3 Å². The van der Waals surface area contributed by atoms with Crippen LogP contribution in [0.3, 0.4) is 0 Å². The van der Waals surface area contributed by atoms with Crippen LogP contribution in [0.25, 0.3) is 22.7 Å². The summed E-state index contributed by atoms with van der Waals surface area (Å²) in [4.78, 5) is 12.7. The molecule has 0 unspecified atom stereocenters. The van der Waals surface area contributed by atoms with E-state index in [4.69, 9.17) is 0 Å². The number of para-hydroxylation sites is 2. The Labute approximate surface area is 207 Å². The molecule has 0 fully saturated rings. The van der Waals surface area contributed by atoms with Crippen molar-refractivity contribution in [1.82, 2.24) is 29.8 Å². The molecule has 0 aliphatic carbocycles. The minimum absolute atomic E-state index is 0.0625. The summed E-state index contributed by atoms with van der Waals surface area (Å²) < 4.78 is 3.55. The topological polar surface area (TPSA) is 90.5 Å². The second kappa shape index (κ2) is 9.34. The standard InChI is InChI=1S/C26H25N7OS/c1-26(2,3)18-13-15-19(16-14-18)27-23(34)17-35-25-30-29-24(32(25)20-9-5-4-6-10-20)33-22-12-8-7-11-21(22)28-31-33/h4-16H,17H2,1-3H3,(H,27,34). The summed E-state index contributed by atoms with van der Waals surface area (Å²) in [6, 6.07) is 25.4. The highest BCUT2D eigenvalue weighted by molar-refractivity contribution is 7.99. The number of thioether (sulfide) groups is 1. The van der Waals surface area contributed by atoms with E-state index in [2.05, 4.69) is 46.6 Å². The Hall–Kier alpha value is -3.98. The molecule has 1 amide bonds. The number of aromatic nitrogens is 6. The number of amides is 1. The summed E-state index contributed by atoms with van der Waals surface area (Å²) in [5, 5.41) is 20.9. The van der Waals surface area contributed by atoms with Crippen molar-refractivity contribution in [2.45, 2.75) is 31.3 Å². The maximum Gasteiger partial charge on any atom is 0.259 e. The first-order chi connectivity index (χ1) is 16.9. The highest BCUT2D eigenvalue weighted by Crippen LogP contribution is 2.26. The molecular formula is C26H25N7OS. The van der Waals surface area contributed by atoms with Gasteiger partial charge in [-0.05, 0) is 47.4 Å². The zero-order chi connectivity index (χ0) is 24.4. The summed E-state index contributed by atoms with van der Waals surface area (Å²) in [5.74, 6) is 0.573.